The van der Waals surface area contributed by atoms with E-state index >= 15 is 0 Å². The van der Waals surface area contributed by atoms with E-state index in [2.05, 4.69) is 17.4 Å². The highest BCUT2D eigenvalue weighted by atomic mass is 35.5. The maximum Gasteiger partial charge on any atom is 0.119 e. The van der Waals surface area contributed by atoms with Gasteiger partial charge in [-0.25, -0.2) is 0 Å². The summed E-state index contributed by atoms with van der Waals surface area (Å²) in [7, 11) is 1.71. The Labute approximate surface area is 108 Å². The van der Waals surface area contributed by atoms with Crippen LogP contribution in [-0.4, -0.2) is 19.8 Å². The van der Waals surface area contributed by atoms with E-state index in [1.54, 1.807) is 7.11 Å². The van der Waals surface area contributed by atoms with Crippen LogP contribution in [0.15, 0.2) is 18.2 Å². The average molecular weight is 256 g/mol. The zero-order valence-corrected chi connectivity index (χ0v) is 10.8. The molecule has 0 saturated carbocycles. The number of benzene rings is 1. The van der Waals surface area contributed by atoms with Gasteiger partial charge < -0.3 is 14.8 Å². The van der Waals surface area contributed by atoms with E-state index in [1.165, 1.54) is 17.5 Å². The molecule has 2 aliphatic heterocycles. The second kappa shape index (κ2) is 5.25. The molecule has 2 atom stereocenters. The minimum absolute atomic E-state index is 0. The van der Waals surface area contributed by atoms with Gasteiger partial charge in [0.25, 0.3) is 0 Å². The van der Waals surface area contributed by atoms with Crippen molar-refractivity contribution in [3.8, 4) is 5.75 Å². The van der Waals surface area contributed by atoms with Crippen molar-refractivity contribution in [2.45, 2.75) is 31.5 Å². The molecule has 1 aromatic carbocycles. The topological polar surface area (TPSA) is 30.5 Å². The molecule has 2 heterocycles. The summed E-state index contributed by atoms with van der Waals surface area (Å²) in [6.45, 7) is 1.82. The Morgan fingerprint density at radius 2 is 2.29 bits per heavy atom. The van der Waals surface area contributed by atoms with Gasteiger partial charge in [0, 0.05) is 19.2 Å². The number of nitrogens with one attached hydrogen (secondary N) is 1. The summed E-state index contributed by atoms with van der Waals surface area (Å²) >= 11 is 0. The first-order valence-corrected chi connectivity index (χ1v) is 5.90. The monoisotopic (exact) mass is 255 g/mol. The van der Waals surface area contributed by atoms with Gasteiger partial charge in [0.05, 0.1) is 13.2 Å². The normalized spacial score (nSPS) is 26.4. The van der Waals surface area contributed by atoms with E-state index < -0.39 is 0 Å². The van der Waals surface area contributed by atoms with Crippen LogP contribution in [0.3, 0.4) is 0 Å². The summed E-state index contributed by atoms with van der Waals surface area (Å²) in [6.07, 6.45) is 2.59. The van der Waals surface area contributed by atoms with Crippen LogP contribution in [0, 0.1) is 0 Å². The summed E-state index contributed by atoms with van der Waals surface area (Å²) in [5, 5.41) is 3.55. The summed E-state index contributed by atoms with van der Waals surface area (Å²) < 4.78 is 11.2. The highest BCUT2D eigenvalue weighted by Gasteiger charge is 2.32. The molecule has 0 aliphatic carbocycles. The van der Waals surface area contributed by atoms with Gasteiger partial charge in [0.15, 0.2) is 0 Å². The fourth-order valence-corrected chi connectivity index (χ4v) is 2.66. The van der Waals surface area contributed by atoms with Crippen molar-refractivity contribution >= 4 is 12.4 Å². The predicted octanol–water partition coefficient (Wildman–Crippen LogP) is 2.44. The number of methoxy groups -OCH3 is 1. The SMILES string of the molecule is COc1ccc2c(c1)C1OCCCC1NC2.Cl. The highest BCUT2D eigenvalue weighted by molar-refractivity contribution is 5.85. The number of hydrogen-bond acceptors (Lipinski definition) is 3. The predicted molar refractivity (Wildman–Crippen MR) is 68.8 cm³/mol. The first-order valence-electron chi connectivity index (χ1n) is 5.90. The van der Waals surface area contributed by atoms with Gasteiger partial charge in [-0.15, -0.1) is 12.4 Å². The van der Waals surface area contributed by atoms with Crippen LogP contribution in [0.2, 0.25) is 0 Å². The van der Waals surface area contributed by atoms with E-state index in [0.29, 0.717) is 6.04 Å². The van der Waals surface area contributed by atoms with Crippen LogP contribution in [0.1, 0.15) is 30.1 Å². The van der Waals surface area contributed by atoms with Crippen molar-refractivity contribution in [2.24, 2.45) is 0 Å². The molecule has 17 heavy (non-hydrogen) atoms. The molecule has 2 aliphatic rings. The van der Waals surface area contributed by atoms with Gasteiger partial charge in [-0.3, -0.25) is 0 Å². The number of rotatable bonds is 1. The van der Waals surface area contributed by atoms with Gasteiger partial charge in [-0.05, 0) is 36.1 Å². The van der Waals surface area contributed by atoms with Crippen LogP contribution in [-0.2, 0) is 11.3 Å². The molecular formula is C13H18ClNO2. The maximum atomic E-state index is 5.89. The van der Waals surface area contributed by atoms with Gasteiger partial charge in [0.1, 0.15) is 5.75 Å². The number of ether oxygens (including phenoxy) is 2. The van der Waals surface area contributed by atoms with Crippen LogP contribution >= 0.6 is 12.4 Å². The lowest BCUT2D eigenvalue weighted by Crippen LogP contribution is -2.43. The number of halogens is 1. The molecule has 2 unspecified atom stereocenters. The smallest absolute Gasteiger partial charge is 0.119 e. The molecule has 0 spiro atoms. The van der Waals surface area contributed by atoms with Gasteiger partial charge in [-0.2, -0.15) is 0 Å². The lowest BCUT2D eigenvalue weighted by atomic mass is 9.89. The Morgan fingerprint density at radius 1 is 1.41 bits per heavy atom. The molecule has 1 fully saturated rings. The summed E-state index contributed by atoms with van der Waals surface area (Å²) in [5.74, 6) is 0.925. The van der Waals surface area contributed by atoms with Crippen molar-refractivity contribution in [3.63, 3.8) is 0 Å². The van der Waals surface area contributed by atoms with Crippen LogP contribution in [0.5, 0.6) is 5.75 Å². The Hall–Kier alpha value is -0.770. The van der Waals surface area contributed by atoms with E-state index in [4.69, 9.17) is 9.47 Å². The van der Waals surface area contributed by atoms with Gasteiger partial charge in [0.2, 0.25) is 0 Å². The van der Waals surface area contributed by atoms with Crippen LogP contribution < -0.4 is 10.1 Å². The minimum Gasteiger partial charge on any atom is -0.497 e. The third-order valence-electron chi connectivity index (χ3n) is 3.54. The van der Waals surface area contributed by atoms with Crippen LogP contribution in [0.25, 0.3) is 0 Å². The molecule has 1 saturated heterocycles. The van der Waals surface area contributed by atoms with Gasteiger partial charge >= 0.3 is 0 Å². The number of hydrogen-bond donors (Lipinski definition) is 1. The molecule has 1 aromatic rings. The Morgan fingerprint density at radius 3 is 3.12 bits per heavy atom. The van der Waals surface area contributed by atoms with E-state index in [1.807, 2.05) is 6.07 Å². The molecule has 0 radical (unpaired) electrons. The third kappa shape index (κ3) is 2.28. The highest BCUT2D eigenvalue weighted by Crippen LogP contribution is 2.35. The Balaban J connectivity index is 0.00000108. The van der Waals surface area contributed by atoms with Crippen molar-refractivity contribution in [3.05, 3.63) is 29.3 Å². The van der Waals surface area contributed by atoms with Crippen LogP contribution in [0.4, 0.5) is 0 Å². The zero-order valence-electron chi connectivity index (χ0n) is 9.94. The molecule has 0 amide bonds. The third-order valence-corrected chi connectivity index (χ3v) is 3.54. The minimum atomic E-state index is 0. The largest absolute Gasteiger partial charge is 0.497 e. The Kier molecular flexibility index (Phi) is 3.92. The van der Waals surface area contributed by atoms with Crippen molar-refractivity contribution in [1.82, 2.24) is 5.32 Å². The average Bonchev–Trinajstić information content (AvgIpc) is 2.38. The molecular weight excluding hydrogens is 238 g/mol. The lowest BCUT2D eigenvalue weighted by molar-refractivity contribution is -0.0171. The maximum absolute atomic E-state index is 5.89. The second-order valence-electron chi connectivity index (χ2n) is 4.49. The molecule has 3 rings (SSSR count). The molecule has 0 aromatic heterocycles. The first kappa shape index (κ1) is 12.7. The molecule has 0 bridgehead atoms. The standard InChI is InChI=1S/C13H17NO2.ClH/c1-15-10-5-4-9-8-14-12-3-2-6-16-13(12)11(9)7-10;/h4-5,7,12-14H,2-3,6,8H2,1H3;1H. The lowest BCUT2D eigenvalue weighted by Gasteiger charge is -2.37. The van der Waals surface area contributed by atoms with Crippen molar-refractivity contribution < 1.29 is 9.47 Å². The molecule has 1 N–H and O–H groups in total. The van der Waals surface area contributed by atoms with Crippen molar-refractivity contribution in [2.75, 3.05) is 13.7 Å². The molecule has 3 nitrogen and oxygen atoms in total. The summed E-state index contributed by atoms with van der Waals surface area (Å²) in [4.78, 5) is 0. The van der Waals surface area contributed by atoms with E-state index in [0.717, 1.165) is 25.3 Å². The summed E-state index contributed by atoms with van der Waals surface area (Å²) in [6, 6.07) is 6.76. The fourth-order valence-electron chi connectivity index (χ4n) is 2.66. The second-order valence-corrected chi connectivity index (χ2v) is 4.49. The Bertz CT molecular complexity index is 397. The number of fused-ring (bicyclic) bond motifs is 3. The summed E-state index contributed by atoms with van der Waals surface area (Å²) in [5.41, 5.74) is 2.65. The van der Waals surface area contributed by atoms with Gasteiger partial charge in [-0.1, -0.05) is 6.07 Å². The van der Waals surface area contributed by atoms with Crippen molar-refractivity contribution in [1.29, 1.82) is 0 Å². The quantitative estimate of drug-likeness (QED) is 0.836. The molecule has 94 valence electrons. The first-order chi connectivity index (χ1) is 7.88. The van der Waals surface area contributed by atoms with E-state index in [-0.39, 0.29) is 18.5 Å². The fraction of sp³-hybridized carbons (Fsp3) is 0.538. The molecule has 4 heteroatoms. The van der Waals surface area contributed by atoms with E-state index in [9.17, 15) is 0 Å². The zero-order chi connectivity index (χ0) is 11.0.